The van der Waals surface area contributed by atoms with Gasteiger partial charge in [0.15, 0.2) is 4.90 Å². The molecular formula is C15H19N3O4S. The van der Waals surface area contributed by atoms with Gasteiger partial charge in [-0.3, -0.25) is 18.7 Å². The van der Waals surface area contributed by atoms with E-state index in [4.69, 9.17) is 0 Å². The second-order valence-electron chi connectivity index (χ2n) is 5.52. The fourth-order valence-electron chi connectivity index (χ4n) is 2.24. The average molecular weight is 337 g/mol. The van der Waals surface area contributed by atoms with Gasteiger partial charge in [-0.2, -0.15) is 0 Å². The van der Waals surface area contributed by atoms with Crippen LogP contribution in [-0.4, -0.2) is 17.6 Å². The molecule has 1 aromatic heterocycles. The van der Waals surface area contributed by atoms with Crippen molar-refractivity contribution in [1.29, 1.82) is 0 Å². The van der Waals surface area contributed by atoms with E-state index in [-0.39, 0.29) is 5.69 Å². The van der Waals surface area contributed by atoms with Crippen LogP contribution in [0, 0.1) is 20.8 Å². The molecule has 0 aliphatic heterocycles. The highest BCUT2D eigenvalue weighted by Crippen LogP contribution is 2.18. The molecule has 0 aliphatic rings. The van der Waals surface area contributed by atoms with Gasteiger partial charge in [0.25, 0.3) is 15.6 Å². The molecule has 2 aromatic rings. The Bertz CT molecular complexity index is 1000. The maximum atomic E-state index is 12.6. The zero-order valence-electron chi connectivity index (χ0n) is 13.7. The van der Waals surface area contributed by atoms with Crippen molar-refractivity contribution in [2.45, 2.75) is 25.7 Å². The van der Waals surface area contributed by atoms with Crippen molar-refractivity contribution < 1.29 is 8.42 Å². The molecule has 1 N–H and O–H groups in total. The molecule has 0 bridgehead atoms. The molecule has 23 heavy (non-hydrogen) atoms. The summed E-state index contributed by atoms with van der Waals surface area (Å²) in [5.74, 6) is 0. The summed E-state index contributed by atoms with van der Waals surface area (Å²) >= 11 is 0. The molecule has 0 saturated heterocycles. The number of hydrogen-bond acceptors (Lipinski definition) is 4. The topological polar surface area (TPSA) is 90.2 Å². The van der Waals surface area contributed by atoms with E-state index >= 15 is 0 Å². The van der Waals surface area contributed by atoms with Gasteiger partial charge < -0.3 is 0 Å². The number of anilines is 1. The second-order valence-corrected chi connectivity index (χ2v) is 7.14. The van der Waals surface area contributed by atoms with Crippen molar-refractivity contribution in [2.75, 3.05) is 4.72 Å². The normalized spacial score (nSPS) is 11.5. The summed E-state index contributed by atoms with van der Waals surface area (Å²) in [6.07, 6.45) is 0. The third kappa shape index (κ3) is 2.94. The number of aromatic nitrogens is 2. The minimum atomic E-state index is -4.11. The van der Waals surface area contributed by atoms with Crippen molar-refractivity contribution in [3.8, 4) is 0 Å². The smallest absolute Gasteiger partial charge is 0.300 e. The lowest BCUT2D eigenvalue weighted by Crippen LogP contribution is -2.42. The lowest BCUT2D eigenvalue weighted by molar-refractivity contribution is 0.583. The maximum absolute atomic E-state index is 12.6. The van der Waals surface area contributed by atoms with Crippen molar-refractivity contribution in [1.82, 2.24) is 9.13 Å². The van der Waals surface area contributed by atoms with Crippen LogP contribution >= 0.6 is 0 Å². The highest BCUT2D eigenvalue weighted by atomic mass is 32.2. The number of nitrogens with zero attached hydrogens (tertiary/aromatic N) is 2. The molecule has 0 unspecified atom stereocenters. The Morgan fingerprint density at radius 2 is 1.57 bits per heavy atom. The third-order valence-corrected chi connectivity index (χ3v) is 5.44. The summed E-state index contributed by atoms with van der Waals surface area (Å²) in [5, 5.41) is 0. The first-order chi connectivity index (χ1) is 10.6. The van der Waals surface area contributed by atoms with E-state index in [0.29, 0.717) is 5.69 Å². The lowest BCUT2D eigenvalue weighted by Gasteiger charge is -2.14. The van der Waals surface area contributed by atoms with Gasteiger partial charge in [-0.05, 0) is 44.0 Å². The van der Waals surface area contributed by atoms with Gasteiger partial charge >= 0.3 is 5.69 Å². The zero-order valence-corrected chi connectivity index (χ0v) is 14.5. The molecule has 8 heteroatoms. The van der Waals surface area contributed by atoms with Gasteiger partial charge in [-0.15, -0.1) is 0 Å². The van der Waals surface area contributed by atoms with Crippen molar-refractivity contribution in [2.24, 2.45) is 14.1 Å². The van der Waals surface area contributed by atoms with E-state index in [2.05, 4.69) is 4.72 Å². The maximum Gasteiger partial charge on any atom is 0.330 e. The van der Waals surface area contributed by atoms with Gasteiger partial charge in [-0.1, -0.05) is 6.07 Å². The van der Waals surface area contributed by atoms with E-state index in [1.54, 1.807) is 18.2 Å². The highest BCUT2D eigenvalue weighted by molar-refractivity contribution is 7.92. The summed E-state index contributed by atoms with van der Waals surface area (Å²) in [6, 6.07) is 5.11. The van der Waals surface area contributed by atoms with Crippen LogP contribution < -0.4 is 16.0 Å². The van der Waals surface area contributed by atoms with Gasteiger partial charge in [0, 0.05) is 25.5 Å². The fourth-order valence-corrected chi connectivity index (χ4v) is 3.67. The SMILES string of the molecule is Cc1ccc(NS(=O)(=O)c2c(C)n(C)c(=O)n(C)c2=O)cc1C. The Kier molecular flexibility index (Phi) is 4.21. The minimum absolute atomic E-state index is 0.0921. The molecular weight excluding hydrogens is 318 g/mol. The van der Waals surface area contributed by atoms with Crippen LogP contribution in [0.25, 0.3) is 0 Å². The number of hydrogen-bond donors (Lipinski definition) is 1. The summed E-state index contributed by atoms with van der Waals surface area (Å²) in [7, 11) is -1.44. The van der Waals surface area contributed by atoms with E-state index in [1.807, 2.05) is 13.8 Å². The Morgan fingerprint density at radius 3 is 2.13 bits per heavy atom. The third-order valence-electron chi connectivity index (χ3n) is 3.93. The molecule has 0 atom stereocenters. The summed E-state index contributed by atoms with van der Waals surface area (Å²) in [6.45, 7) is 5.21. The Hall–Kier alpha value is -2.35. The summed E-state index contributed by atoms with van der Waals surface area (Å²) in [5.41, 5.74) is 0.995. The molecule has 7 nitrogen and oxygen atoms in total. The first kappa shape index (κ1) is 17.0. The molecule has 0 fully saturated rings. The Balaban J connectivity index is 2.63. The summed E-state index contributed by atoms with van der Waals surface area (Å²) in [4.78, 5) is 23.7. The van der Waals surface area contributed by atoms with Crippen molar-refractivity contribution >= 4 is 15.7 Å². The molecule has 0 spiro atoms. The van der Waals surface area contributed by atoms with Gasteiger partial charge in [0.05, 0.1) is 0 Å². The van der Waals surface area contributed by atoms with Crippen molar-refractivity contribution in [3.63, 3.8) is 0 Å². The summed E-state index contributed by atoms with van der Waals surface area (Å²) < 4.78 is 29.5. The molecule has 0 amide bonds. The van der Waals surface area contributed by atoms with Crippen LogP contribution in [0.2, 0.25) is 0 Å². The molecule has 0 aliphatic carbocycles. The Labute approximate surface area is 134 Å². The van der Waals surface area contributed by atoms with Crippen LogP contribution in [0.3, 0.4) is 0 Å². The second kappa shape index (κ2) is 5.69. The largest absolute Gasteiger partial charge is 0.330 e. The minimum Gasteiger partial charge on any atom is -0.300 e. The monoisotopic (exact) mass is 337 g/mol. The Morgan fingerprint density at radius 1 is 0.957 bits per heavy atom. The molecule has 0 radical (unpaired) electrons. The van der Waals surface area contributed by atoms with Crippen molar-refractivity contribution in [3.05, 3.63) is 55.9 Å². The first-order valence-corrected chi connectivity index (χ1v) is 8.41. The average Bonchev–Trinajstić information content (AvgIpc) is 2.46. The van der Waals surface area contributed by atoms with E-state index in [0.717, 1.165) is 20.3 Å². The molecule has 0 saturated carbocycles. The van der Waals surface area contributed by atoms with Gasteiger partial charge in [-0.25, -0.2) is 13.2 Å². The van der Waals surface area contributed by atoms with Crippen LogP contribution in [-0.2, 0) is 24.1 Å². The van der Waals surface area contributed by atoms with Crippen LogP contribution in [0.5, 0.6) is 0 Å². The number of sulfonamides is 1. The zero-order chi connectivity index (χ0) is 17.5. The van der Waals surface area contributed by atoms with Gasteiger partial charge in [0.2, 0.25) is 0 Å². The van der Waals surface area contributed by atoms with E-state index in [9.17, 15) is 18.0 Å². The molecule has 2 rings (SSSR count). The first-order valence-electron chi connectivity index (χ1n) is 6.93. The fraction of sp³-hybridized carbons (Fsp3) is 0.333. The number of rotatable bonds is 3. The highest BCUT2D eigenvalue weighted by Gasteiger charge is 2.25. The van der Waals surface area contributed by atoms with Gasteiger partial charge in [0.1, 0.15) is 0 Å². The van der Waals surface area contributed by atoms with Crippen LogP contribution in [0.1, 0.15) is 16.8 Å². The number of aryl methyl sites for hydroxylation is 2. The number of benzene rings is 1. The predicted molar refractivity (Wildman–Crippen MR) is 88.4 cm³/mol. The van der Waals surface area contributed by atoms with E-state index in [1.165, 1.54) is 21.0 Å². The lowest BCUT2D eigenvalue weighted by atomic mass is 10.1. The molecule has 1 aromatic carbocycles. The molecule has 124 valence electrons. The standard InChI is InChI=1S/C15H19N3O4S/c1-9-6-7-12(8-10(9)2)16-23(21,22)13-11(3)17(4)15(20)18(5)14(13)19/h6-8,16H,1-5H3. The van der Waals surface area contributed by atoms with Crippen LogP contribution in [0.15, 0.2) is 32.7 Å². The van der Waals surface area contributed by atoms with Crippen LogP contribution in [0.4, 0.5) is 5.69 Å². The quantitative estimate of drug-likeness (QED) is 0.897. The predicted octanol–water partition coefficient (Wildman–Crippen LogP) is 0.810. The number of nitrogens with one attached hydrogen (secondary N) is 1. The van der Waals surface area contributed by atoms with E-state index < -0.39 is 26.2 Å². The molecule has 1 heterocycles.